The number of aliphatic hydroxyl groups excluding tert-OH is 1. The summed E-state index contributed by atoms with van der Waals surface area (Å²) < 4.78 is 7.45. The first-order valence-corrected chi connectivity index (χ1v) is 11.2. The van der Waals surface area contributed by atoms with Gasteiger partial charge >= 0.3 is 0 Å². The number of H-pyrrole nitrogens is 1. The van der Waals surface area contributed by atoms with Gasteiger partial charge in [0.05, 0.1) is 18.2 Å². The van der Waals surface area contributed by atoms with Crippen LogP contribution in [0, 0.1) is 0 Å². The zero-order valence-corrected chi connectivity index (χ0v) is 19.6. The standard InChI is InChI=1S/C23H34N6O3/c1-6-20(21-25-26-27-29(21)23(3,4)5)28(11-8-12-30)15-17-13-16-14-18(32-7-2)9-10-19(16)24-22(17)31/h9-10,13-14,20,30H,6-8,11-12,15H2,1-5H3,(H,24,31)/t20-/m1/s1. The van der Waals surface area contributed by atoms with Crippen LogP contribution in [0.3, 0.4) is 0 Å². The number of nitrogens with one attached hydrogen (secondary N) is 1. The van der Waals surface area contributed by atoms with Crippen LogP contribution in [0.1, 0.15) is 64.9 Å². The Morgan fingerprint density at radius 3 is 2.69 bits per heavy atom. The van der Waals surface area contributed by atoms with Crippen molar-refractivity contribution < 1.29 is 9.84 Å². The maximum atomic E-state index is 12.9. The highest BCUT2D eigenvalue weighted by atomic mass is 16.5. The van der Waals surface area contributed by atoms with Gasteiger partial charge < -0.3 is 14.8 Å². The Balaban J connectivity index is 1.99. The molecule has 0 aliphatic rings. The number of nitrogens with zero attached hydrogens (tertiary/aromatic N) is 5. The first-order chi connectivity index (χ1) is 15.3. The molecule has 0 spiro atoms. The average Bonchev–Trinajstić information content (AvgIpc) is 3.23. The van der Waals surface area contributed by atoms with Crippen LogP contribution in [0.5, 0.6) is 5.75 Å². The van der Waals surface area contributed by atoms with Crippen LogP contribution >= 0.6 is 0 Å². The van der Waals surface area contributed by atoms with Crippen LogP contribution in [0.4, 0.5) is 0 Å². The van der Waals surface area contributed by atoms with Crippen molar-refractivity contribution in [3.05, 3.63) is 46.0 Å². The number of aromatic amines is 1. The third-order valence-corrected chi connectivity index (χ3v) is 5.44. The molecule has 0 fully saturated rings. The fourth-order valence-electron chi connectivity index (χ4n) is 3.93. The number of fused-ring (bicyclic) bond motifs is 1. The van der Waals surface area contributed by atoms with Crippen LogP contribution in [0.2, 0.25) is 0 Å². The predicted molar refractivity (Wildman–Crippen MR) is 124 cm³/mol. The molecule has 32 heavy (non-hydrogen) atoms. The monoisotopic (exact) mass is 442 g/mol. The van der Waals surface area contributed by atoms with Crippen molar-refractivity contribution >= 4 is 10.9 Å². The molecule has 0 aliphatic carbocycles. The fourth-order valence-corrected chi connectivity index (χ4v) is 3.93. The van der Waals surface area contributed by atoms with Gasteiger partial charge in [-0.05, 0) is 75.2 Å². The number of aromatic nitrogens is 5. The van der Waals surface area contributed by atoms with Crippen LogP contribution in [-0.2, 0) is 12.1 Å². The second kappa shape index (κ2) is 10.2. The van der Waals surface area contributed by atoms with Crippen molar-refractivity contribution in [1.29, 1.82) is 0 Å². The molecule has 2 aromatic heterocycles. The van der Waals surface area contributed by atoms with E-state index in [2.05, 4.69) is 53.1 Å². The summed E-state index contributed by atoms with van der Waals surface area (Å²) in [6.07, 6.45) is 1.36. The Morgan fingerprint density at radius 1 is 1.25 bits per heavy atom. The van der Waals surface area contributed by atoms with E-state index >= 15 is 0 Å². The van der Waals surface area contributed by atoms with Crippen molar-refractivity contribution in [2.45, 2.75) is 65.6 Å². The van der Waals surface area contributed by atoms with E-state index < -0.39 is 0 Å². The molecular weight excluding hydrogens is 408 g/mol. The van der Waals surface area contributed by atoms with Gasteiger partial charge in [0.25, 0.3) is 5.56 Å². The largest absolute Gasteiger partial charge is 0.494 e. The zero-order chi connectivity index (χ0) is 23.3. The molecule has 3 rings (SSSR count). The van der Waals surface area contributed by atoms with Crippen molar-refractivity contribution in [3.63, 3.8) is 0 Å². The normalized spacial score (nSPS) is 13.1. The zero-order valence-electron chi connectivity index (χ0n) is 19.6. The Kier molecular flexibility index (Phi) is 7.63. The number of hydrogen-bond acceptors (Lipinski definition) is 7. The topological polar surface area (TPSA) is 109 Å². The average molecular weight is 443 g/mol. The van der Waals surface area contributed by atoms with Crippen LogP contribution in [0.15, 0.2) is 29.1 Å². The second-order valence-corrected chi connectivity index (χ2v) is 8.90. The highest BCUT2D eigenvalue weighted by Gasteiger charge is 2.29. The Labute approximate surface area is 188 Å². The number of aliphatic hydroxyl groups is 1. The third kappa shape index (κ3) is 5.34. The molecule has 0 unspecified atom stereocenters. The Hall–Kier alpha value is -2.78. The number of rotatable bonds is 10. The Bertz CT molecular complexity index is 1090. The quantitative estimate of drug-likeness (QED) is 0.497. The van der Waals surface area contributed by atoms with E-state index in [4.69, 9.17) is 4.74 Å². The predicted octanol–water partition coefficient (Wildman–Crippen LogP) is 3.00. The third-order valence-electron chi connectivity index (χ3n) is 5.44. The SMILES string of the molecule is CCOc1ccc2[nH]c(=O)c(CN(CCCO)[C@H](CC)c3nnnn3C(C)(C)C)cc2c1. The van der Waals surface area contributed by atoms with Gasteiger partial charge in [-0.15, -0.1) is 5.10 Å². The van der Waals surface area contributed by atoms with E-state index in [-0.39, 0.29) is 23.7 Å². The van der Waals surface area contributed by atoms with E-state index in [1.807, 2.05) is 35.9 Å². The van der Waals surface area contributed by atoms with Gasteiger partial charge in [-0.2, -0.15) is 0 Å². The van der Waals surface area contributed by atoms with Gasteiger partial charge in [-0.3, -0.25) is 9.69 Å². The number of pyridine rings is 1. The maximum Gasteiger partial charge on any atom is 0.252 e. The van der Waals surface area contributed by atoms with Crippen molar-refractivity contribution in [2.24, 2.45) is 0 Å². The molecule has 3 aromatic rings. The minimum absolute atomic E-state index is 0.0724. The van der Waals surface area contributed by atoms with Crippen molar-refractivity contribution in [1.82, 2.24) is 30.1 Å². The summed E-state index contributed by atoms with van der Waals surface area (Å²) in [6, 6.07) is 7.48. The molecule has 0 radical (unpaired) electrons. The lowest BCUT2D eigenvalue weighted by Gasteiger charge is -2.32. The van der Waals surface area contributed by atoms with Crippen molar-refractivity contribution in [3.8, 4) is 5.75 Å². The molecule has 0 aliphatic heterocycles. The lowest BCUT2D eigenvalue weighted by Crippen LogP contribution is -2.36. The molecule has 0 bridgehead atoms. The smallest absolute Gasteiger partial charge is 0.252 e. The summed E-state index contributed by atoms with van der Waals surface area (Å²) in [5, 5.41) is 22.8. The molecule has 1 aromatic carbocycles. The first-order valence-electron chi connectivity index (χ1n) is 11.2. The summed E-state index contributed by atoms with van der Waals surface area (Å²) in [5.74, 6) is 1.53. The summed E-state index contributed by atoms with van der Waals surface area (Å²) in [6.45, 7) is 11.9. The van der Waals surface area contributed by atoms with E-state index in [1.165, 1.54) is 0 Å². The van der Waals surface area contributed by atoms with Gasteiger partial charge in [-0.1, -0.05) is 6.92 Å². The van der Waals surface area contributed by atoms with E-state index in [0.29, 0.717) is 31.7 Å². The minimum atomic E-state index is -0.273. The first kappa shape index (κ1) is 23.9. The van der Waals surface area contributed by atoms with E-state index in [9.17, 15) is 9.90 Å². The molecule has 2 heterocycles. The lowest BCUT2D eigenvalue weighted by molar-refractivity contribution is 0.146. The van der Waals surface area contributed by atoms with E-state index in [1.54, 1.807) is 0 Å². The molecule has 1 atom stereocenters. The number of benzene rings is 1. The highest BCUT2D eigenvalue weighted by Crippen LogP contribution is 2.28. The van der Waals surface area contributed by atoms with Gasteiger partial charge in [0.2, 0.25) is 0 Å². The molecule has 9 heteroatoms. The molecule has 174 valence electrons. The molecule has 0 amide bonds. The van der Waals surface area contributed by atoms with Crippen LogP contribution < -0.4 is 10.3 Å². The molecule has 2 N–H and O–H groups in total. The van der Waals surface area contributed by atoms with Gasteiger partial charge in [0, 0.05) is 36.2 Å². The lowest BCUT2D eigenvalue weighted by atomic mass is 10.1. The van der Waals surface area contributed by atoms with Gasteiger partial charge in [-0.25, -0.2) is 4.68 Å². The van der Waals surface area contributed by atoms with Crippen LogP contribution in [-0.4, -0.2) is 55.0 Å². The van der Waals surface area contributed by atoms with E-state index in [0.717, 1.165) is 28.9 Å². The molecule has 0 saturated carbocycles. The highest BCUT2D eigenvalue weighted by molar-refractivity contribution is 5.80. The molecular formula is C23H34N6O3. The summed E-state index contributed by atoms with van der Waals surface area (Å²) in [7, 11) is 0. The van der Waals surface area contributed by atoms with Crippen LogP contribution in [0.25, 0.3) is 10.9 Å². The van der Waals surface area contributed by atoms with Gasteiger partial charge in [0.1, 0.15) is 5.75 Å². The second-order valence-electron chi connectivity index (χ2n) is 8.90. The fraction of sp³-hybridized carbons (Fsp3) is 0.565. The van der Waals surface area contributed by atoms with Crippen molar-refractivity contribution in [2.75, 3.05) is 19.8 Å². The maximum absolute atomic E-state index is 12.9. The summed E-state index contributed by atoms with van der Waals surface area (Å²) in [5.41, 5.74) is 1.02. The van der Waals surface area contributed by atoms with Gasteiger partial charge in [0.15, 0.2) is 5.82 Å². The Morgan fingerprint density at radius 2 is 2.03 bits per heavy atom. The number of ether oxygens (including phenoxy) is 1. The minimum Gasteiger partial charge on any atom is -0.494 e. The number of tetrazole rings is 1. The summed E-state index contributed by atoms with van der Waals surface area (Å²) >= 11 is 0. The number of hydrogen-bond donors (Lipinski definition) is 2. The molecule has 9 nitrogen and oxygen atoms in total. The molecule has 0 saturated heterocycles. The summed E-state index contributed by atoms with van der Waals surface area (Å²) in [4.78, 5) is 18.0.